The minimum Gasteiger partial charge on any atom is -0.354 e. The second-order valence-electron chi connectivity index (χ2n) is 6.93. The first-order valence-corrected chi connectivity index (χ1v) is 7.53. The Labute approximate surface area is 122 Å². The summed E-state index contributed by atoms with van der Waals surface area (Å²) in [4.78, 5) is 25.5. The minimum atomic E-state index is -0.386. The van der Waals surface area contributed by atoms with Crippen molar-refractivity contribution in [2.75, 3.05) is 26.2 Å². The highest BCUT2D eigenvalue weighted by molar-refractivity contribution is 5.81. The molecule has 5 heteroatoms. The molecule has 0 radical (unpaired) electrons. The van der Waals surface area contributed by atoms with Gasteiger partial charge in [0.1, 0.15) is 0 Å². The van der Waals surface area contributed by atoms with E-state index in [0.717, 1.165) is 19.5 Å². The van der Waals surface area contributed by atoms with Crippen molar-refractivity contribution in [3.05, 3.63) is 0 Å². The Balaban J connectivity index is 2.22. The van der Waals surface area contributed by atoms with Crippen molar-refractivity contribution in [3.8, 4) is 0 Å². The number of carbonyl (C=O) groups excluding carboxylic acids is 2. The Kier molecular flexibility index (Phi) is 5.84. The van der Waals surface area contributed by atoms with Gasteiger partial charge in [-0.15, -0.1) is 0 Å². The molecular weight excluding hydrogens is 254 g/mol. The lowest BCUT2D eigenvalue weighted by Crippen LogP contribution is -2.48. The molecule has 3 amide bonds. The van der Waals surface area contributed by atoms with Crippen molar-refractivity contribution in [1.82, 2.24) is 15.5 Å². The van der Waals surface area contributed by atoms with Crippen LogP contribution in [0, 0.1) is 17.3 Å². The number of urea groups is 1. The third kappa shape index (κ3) is 5.02. The maximum Gasteiger partial charge on any atom is 0.317 e. The van der Waals surface area contributed by atoms with E-state index in [0.29, 0.717) is 24.9 Å². The van der Waals surface area contributed by atoms with Crippen molar-refractivity contribution in [2.45, 2.75) is 41.0 Å². The molecule has 2 N–H and O–H groups in total. The summed E-state index contributed by atoms with van der Waals surface area (Å²) in [6.07, 6.45) is 1.06. The van der Waals surface area contributed by atoms with Crippen LogP contribution in [0.5, 0.6) is 0 Å². The van der Waals surface area contributed by atoms with Crippen LogP contribution in [-0.2, 0) is 4.79 Å². The molecule has 0 bridgehead atoms. The van der Waals surface area contributed by atoms with Crippen LogP contribution < -0.4 is 10.6 Å². The van der Waals surface area contributed by atoms with Gasteiger partial charge in [0.15, 0.2) is 0 Å². The van der Waals surface area contributed by atoms with Crippen molar-refractivity contribution in [3.63, 3.8) is 0 Å². The van der Waals surface area contributed by atoms with E-state index in [4.69, 9.17) is 0 Å². The van der Waals surface area contributed by atoms with Gasteiger partial charge in [0, 0.05) is 31.6 Å². The molecule has 1 saturated heterocycles. The van der Waals surface area contributed by atoms with E-state index in [-0.39, 0.29) is 17.4 Å². The molecule has 0 spiro atoms. The van der Waals surface area contributed by atoms with Gasteiger partial charge in [0.25, 0.3) is 0 Å². The summed E-state index contributed by atoms with van der Waals surface area (Å²) in [7, 11) is 0. The van der Waals surface area contributed by atoms with Crippen LogP contribution in [0.25, 0.3) is 0 Å². The summed E-state index contributed by atoms with van der Waals surface area (Å²) in [6, 6.07) is -0.0197. The molecule has 0 aromatic rings. The normalized spacial score (nSPS) is 23.4. The third-order valence-electron chi connectivity index (χ3n) is 3.99. The lowest BCUT2D eigenvalue weighted by Gasteiger charge is -2.35. The highest BCUT2D eigenvalue weighted by Crippen LogP contribution is 2.22. The maximum absolute atomic E-state index is 12.0. The molecule has 1 aliphatic heterocycles. The SMILES string of the molecule is C[C@@H]1CN(C(=O)NCCNC(=O)C(C)(C)C)CC[C@@H]1C. The molecule has 20 heavy (non-hydrogen) atoms. The Morgan fingerprint density at radius 3 is 2.25 bits per heavy atom. The maximum atomic E-state index is 12.0. The predicted octanol–water partition coefficient (Wildman–Crippen LogP) is 1.84. The third-order valence-corrected chi connectivity index (χ3v) is 3.99. The summed E-state index contributed by atoms with van der Waals surface area (Å²) in [6.45, 7) is 12.6. The standard InChI is InChI=1S/C15H29N3O2/c1-11-6-9-18(10-12(11)2)14(20)17-8-7-16-13(19)15(3,4)5/h11-12H,6-10H2,1-5H3,(H,16,19)(H,17,20)/t11-,12+/m0/s1. The molecule has 1 heterocycles. The first-order valence-electron chi connectivity index (χ1n) is 7.53. The van der Waals surface area contributed by atoms with Crippen LogP contribution in [0.1, 0.15) is 41.0 Å². The van der Waals surface area contributed by atoms with E-state index in [1.807, 2.05) is 25.7 Å². The van der Waals surface area contributed by atoms with Crippen LogP contribution in [0.3, 0.4) is 0 Å². The Morgan fingerprint density at radius 2 is 1.70 bits per heavy atom. The number of carbonyl (C=O) groups is 2. The summed E-state index contributed by atoms with van der Waals surface area (Å²) in [5.74, 6) is 1.24. The van der Waals surface area contributed by atoms with Gasteiger partial charge in [0.2, 0.25) is 5.91 Å². The fourth-order valence-corrected chi connectivity index (χ4v) is 2.17. The van der Waals surface area contributed by atoms with Crippen molar-refractivity contribution in [2.24, 2.45) is 17.3 Å². The molecule has 1 aliphatic rings. The van der Waals surface area contributed by atoms with Crippen molar-refractivity contribution in [1.29, 1.82) is 0 Å². The van der Waals surface area contributed by atoms with E-state index in [9.17, 15) is 9.59 Å². The van der Waals surface area contributed by atoms with Crippen molar-refractivity contribution >= 4 is 11.9 Å². The van der Waals surface area contributed by atoms with E-state index < -0.39 is 0 Å². The molecular formula is C15H29N3O2. The van der Waals surface area contributed by atoms with E-state index >= 15 is 0 Å². The van der Waals surface area contributed by atoms with E-state index in [1.165, 1.54) is 0 Å². The van der Waals surface area contributed by atoms with Gasteiger partial charge in [0.05, 0.1) is 0 Å². The average molecular weight is 283 g/mol. The van der Waals surface area contributed by atoms with E-state index in [1.54, 1.807) is 0 Å². The first-order chi connectivity index (χ1) is 9.21. The molecule has 0 saturated carbocycles. The monoisotopic (exact) mass is 283 g/mol. The topological polar surface area (TPSA) is 61.4 Å². The van der Waals surface area contributed by atoms with E-state index in [2.05, 4.69) is 24.5 Å². The average Bonchev–Trinajstić information content (AvgIpc) is 2.36. The Bertz CT molecular complexity index is 350. The summed E-state index contributed by atoms with van der Waals surface area (Å²) in [5.41, 5.74) is -0.386. The number of amides is 3. The highest BCUT2D eigenvalue weighted by Gasteiger charge is 2.25. The number of hydrogen-bond acceptors (Lipinski definition) is 2. The fraction of sp³-hybridized carbons (Fsp3) is 0.867. The van der Waals surface area contributed by atoms with Crippen LogP contribution in [0.4, 0.5) is 4.79 Å². The van der Waals surface area contributed by atoms with Crippen molar-refractivity contribution < 1.29 is 9.59 Å². The van der Waals surface area contributed by atoms with Crippen LogP contribution in [0.15, 0.2) is 0 Å². The molecule has 116 valence electrons. The molecule has 0 aromatic carbocycles. The molecule has 1 fully saturated rings. The fourth-order valence-electron chi connectivity index (χ4n) is 2.17. The second kappa shape index (κ2) is 6.95. The van der Waals surface area contributed by atoms with Crippen LogP contribution in [0.2, 0.25) is 0 Å². The molecule has 2 atom stereocenters. The number of nitrogens with zero attached hydrogens (tertiary/aromatic N) is 1. The quantitative estimate of drug-likeness (QED) is 0.776. The lowest BCUT2D eigenvalue weighted by atomic mass is 9.89. The summed E-state index contributed by atoms with van der Waals surface area (Å²) < 4.78 is 0. The summed E-state index contributed by atoms with van der Waals surface area (Å²) in [5, 5.41) is 5.69. The largest absolute Gasteiger partial charge is 0.354 e. The summed E-state index contributed by atoms with van der Waals surface area (Å²) >= 11 is 0. The Morgan fingerprint density at radius 1 is 1.10 bits per heavy atom. The van der Waals surface area contributed by atoms with Crippen LogP contribution in [-0.4, -0.2) is 43.0 Å². The zero-order valence-corrected chi connectivity index (χ0v) is 13.5. The molecule has 5 nitrogen and oxygen atoms in total. The number of rotatable bonds is 3. The number of nitrogens with one attached hydrogen (secondary N) is 2. The lowest BCUT2D eigenvalue weighted by molar-refractivity contribution is -0.128. The van der Waals surface area contributed by atoms with Gasteiger partial charge in [-0.05, 0) is 18.3 Å². The zero-order valence-electron chi connectivity index (χ0n) is 13.5. The molecule has 1 rings (SSSR count). The van der Waals surface area contributed by atoms with Gasteiger partial charge in [-0.3, -0.25) is 4.79 Å². The van der Waals surface area contributed by atoms with Gasteiger partial charge < -0.3 is 15.5 Å². The molecule has 0 aliphatic carbocycles. The van der Waals surface area contributed by atoms with Gasteiger partial charge in [-0.25, -0.2) is 4.79 Å². The number of likely N-dealkylation sites (tertiary alicyclic amines) is 1. The number of piperidine rings is 1. The Hall–Kier alpha value is -1.26. The first kappa shape index (κ1) is 16.8. The highest BCUT2D eigenvalue weighted by atomic mass is 16.2. The van der Waals surface area contributed by atoms with Gasteiger partial charge in [-0.1, -0.05) is 34.6 Å². The molecule has 0 unspecified atom stereocenters. The predicted molar refractivity (Wildman–Crippen MR) is 80.4 cm³/mol. The number of hydrogen-bond donors (Lipinski definition) is 2. The van der Waals surface area contributed by atoms with Gasteiger partial charge >= 0.3 is 6.03 Å². The minimum absolute atomic E-state index is 0.00664. The smallest absolute Gasteiger partial charge is 0.317 e. The van der Waals surface area contributed by atoms with Gasteiger partial charge in [-0.2, -0.15) is 0 Å². The molecule has 0 aromatic heterocycles. The second-order valence-corrected chi connectivity index (χ2v) is 6.93. The zero-order chi connectivity index (χ0) is 15.3. The van der Waals surface area contributed by atoms with Crippen LogP contribution >= 0.6 is 0 Å².